The third-order valence-corrected chi connectivity index (χ3v) is 5.25. The second-order valence-corrected chi connectivity index (χ2v) is 8.44. The van der Waals surface area contributed by atoms with Gasteiger partial charge in [-0.25, -0.2) is 9.78 Å². The highest BCUT2D eigenvalue weighted by atomic mass is 32.2. The summed E-state index contributed by atoms with van der Waals surface area (Å²) >= 11 is 1.39. The van der Waals surface area contributed by atoms with Crippen LogP contribution in [-0.2, 0) is 35.2 Å². The number of thioether (sulfide) groups is 1. The maximum Gasteiger partial charge on any atom is 0.326 e. The minimum atomic E-state index is -1.65. The molecule has 194 valence electrons. The second kappa shape index (κ2) is 14.6. The average Bonchev–Trinajstić information content (AvgIpc) is 3.27. The van der Waals surface area contributed by atoms with Gasteiger partial charge in [-0.1, -0.05) is 0 Å². The van der Waals surface area contributed by atoms with E-state index in [2.05, 4.69) is 25.9 Å². The third kappa shape index (κ3) is 10.9. The minimum absolute atomic E-state index is 0.127. The Labute approximate surface area is 204 Å². The van der Waals surface area contributed by atoms with E-state index < -0.39 is 72.6 Å². The number of H-pyrrole nitrogens is 1. The van der Waals surface area contributed by atoms with Gasteiger partial charge in [-0.2, -0.15) is 11.8 Å². The molecular formula is C19H29N7O8S. The van der Waals surface area contributed by atoms with Gasteiger partial charge in [-0.15, -0.1) is 0 Å². The van der Waals surface area contributed by atoms with Crippen LogP contribution in [-0.4, -0.2) is 91.9 Å². The molecule has 0 saturated heterocycles. The Bertz CT molecular complexity index is 911. The van der Waals surface area contributed by atoms with E-state index >= 15 is 0 Å². The van der Waals surface area contributed by atoms with E-state index in [1.54, 1.807) is 6.26 Å². The molecule has 0 bridgehead atoms. The molecule has 0 saturated carbocycles. The summed E-state index contributed by atoms with van der Waals surface area (Å²) in [5.41, 5.74) is 10.9. The maximum atomic E-state index is 12.9. The Morgan fingerprint density at radius 3 is 2.11 bits per heavy atom. The summed E-state index contributed by atoms with van der Waals surface area (Å²) in [4.78, 5) is 78.2. The Kier molecular flexibility index (Phi) is 12.2. The number of carboxylic acids is 2. The first-order valence-corrected chi connectivity index (χ1v) is 11.7. The van der Waals surface area contributed by atoms with Crippen molar-refractivity contribution in [3.63, 3.8) is 0 Å². The molecule has 10 N–H and O–H groups in total. The highest BCUT2D eigenvalue weighted by Crippen LogP contribution is 2.05. The number of nitrogens with two attached hydrogens (primary N) is 2. The topological polar surface area (TPSA) is 260 Å². The quantitative estimate of drug-likeness (QED) is 0.109. The number of aromatic nitrogens is 2. The molecule has 1 heterocycles. The molecule has 0 aliphatic heterocycles. The van der Waals surface area contributed by atoms with Crippen LogP contribution in [0.25, 0.3) is 0 Å². The smallest absolute Gasteiger partial charge is 0.326 e. The van der Waals surface area contributed by atoms with Crippen molar-refractivity contribution in [3.05, 3.63) is 18.2 Å². The van der Waals surface area contributed by atoms with Crippen LogP contribution in [0, 0.1) is 0 Å². The number of aromatic amines is 1. The van der Waals surface area contributed by atoms with Crippen LogP contribution in [0.2, 0.25) is 0 Å². The van der Waals surface area contributed by atoms with Crippen molar-refractivity contribution in [2.75, 3.05) is 12.0 Å². The van der Waals surface area contributed by atoms with Crippen LogP contribution >= 0.6 is 11.8 Å². The molecule has 1 aromatic heterocycles. The van der Waals surface area contributed by atoms with Crippen LogP contribution < -0.4 is 27.4 Å². The van der Waals surface area contributed by atoms with Gasteiger partial charge in [0.1, 0.15) is 18.1 Å². The predicted octanol–water partition coefficient (Wildman–Crippen LogP) is -3.08. The molecule has 1 aromatic rings. The first kappa shape index (κ1) is 29.4. The Morgan fingerprint density at radius 2 is 1.60 bits per heavy atom. The molecule has 4 atom stereocenters. The van der Waals surface area contributed by atoms with E-state index in [9.17, 15) is 33.9 Å². The fourth-order valence-electron chi connectivity index (χ4n) is 2.84. The monoisotopic (exact) mass is 515 g/mol. The van der Waals surface area contributed by atoms with Crippen molar-refractivity contribution >= 4 is 47.3 Å². The number of carboxylic acid groups (broad SMARTS) is 2. The average molecular weight is 516 g/mol. The third-order valence-electron chi connectivity index (χ3n) is 4.61. The number of nitrogens with one attached hydrogen (secondary N) is 4. The van der Waals surface area contributed by atoms with Gasteiger partial charge in [-0.3, -0.25) is 24.0 Å². The summed E-state index contributed by atoms with van der Waals surface area (Å²) in [5.74, 6) is -6.01. The molecule has 4 unspecified atom stereocenters. The van der Waals surface area contributed by atoms with Crippen LogP contribution in [0.4, 0.5) is 0 Å². The first-order valence-electron chi connectivity index (χ1n) is 10.3. The van der Waals surface area contributed by atoms with Crippen molar-refractivity contribution in [1.82, 2.24) is 25.9 Å². The van der Waals surface area contributed by atoms with Gasteiger partial charge in [0.05, 0.1) is 25.2 Å². The SMILES string of the molecule is CSCCC(NC(=O)C(Cc1cnc[nH]1)NC(=O)C(CC(=O)O)NC(=O)C(N)CC(N)=O)C(=O)O. The highest BCUT2D eigenvalue weighted by Gasteiger charge is 2.32. The van der Waals surface area contributed by atoms with Gasteiger partial charge in [0.15, 0.2) is 0 Å². The number of imidazole rings is 1. The first-order chi connectivity index (χ1) is 16.4. The van der Waals surface area contributed by atoms with E-state index in [0.29, 0.717) is 11.4 Å². The Morgan fingerprint density at radius 1 is 1.00 bits per heavy atom. The summed E-state index contributed by atoms with van der Waals surface area (Å²) in [7, 11) is 0. The molecule has 1 rings (SSSR count). The number of hydrogen-bond donors (Lipinski definition) is 8. The number of rotatable bonds is 16. The zero-order valence-corrected chi connectivity index (χ0v) is 19.7. The van der Waals surface area contributed by atoms with Crippen molar-refractivity contribution < 1.29 is 39.0 Å². The van der Waals surface area contributed by atoms with Crippen LogP contribution in [0.5, 0.6) is 0 Å². The summed E-state index contributed by atoms with van der Waals surface area (Å²) < 4.78 is 0. The molecule has 0 aliphatic carbocycles. The second-order valence-electron chi connectivity index (χ2n) is 7.46. The van der Waals surface area contributed by atoms with E-state index in [1.165, 1.54) is 24.3 Å². The summed E-state index contributed by atoms with van der Waals surface area (Å²) in [6.07, 6.45) is 3.08. The molecule has 0 aliphatic rings. The molecule has 0 aromatic carbocycles. The normalized spacial score (nSPS) is 14.1. The lowest BCUT2D eigenvalue weighted by molar-refractivity contribution is -0.143. The van der Waals surface area contributed by atoms with Gasteiger partial charge in [0.2, 0.25) is 23.6 Å². The van der Waals surface area contributed by atoms with E-state index in [0.717, 1.165) is 0 Å². The van der Waals surface area contributed by atoms with Crippen molar-refractivity contribution in [2.24, 2.45) is 11.5 Å². The molecule has 16 heteroatoms. The number of primary amides is 1. The Balaban J connectivity index is 3.05. The zero-order valence-electron chi connectivity index (χ0n) is 18.9. The summed E-state index contributed by atoms with van der Waals surface area (Å²) in [6, 6.07) is -5.64. The number of carbonyl (C=O) groups excluding carboxylic acids is 4. The standard InChI is InChI=1S/C19H29N7O8S/c1-35-3-2-11(19(33)34)24-17(31)12(4-9-7-22-8-23-9)26-18(32)13(6-15(28)29)25-16(30)10(20)5-14(21)27/h7-8,10-13H,2-6,20H2,1H3,(H2,21,27)(H,22,23)(H,24,31)(H,25,30)(H,26,32)(H,28,29)(H,33,34). The lowest BCUT2D eigenvalue weighted by Gasteiger charge is -2.24. The number of aliphatic carboxylic acids is 2. The number of nitrogens with zero attached hydrogens (tertiary/aromatic N) is 1. The number of hydrogen-bond acceptors (Lipinski definition) is 9. The molecule has 15 nitrogen and oxygen atoms in total. The summed E-state index contributed by atoms with van der Waals surface area (Å²) in [6.45, 7) is 0. The lowest BCUT2D eigenvalue weighted by atomic mass is 10.1. The van der Waals surface area contributed by atoms with Crippen molar-refractivity contribution in [3.8, 4) is 0 Å². The molecule has 0 radical (unpaired) electrons. The molecule has 0 fully saturated rings. The molecular weight excluding hydrogens is 486 g/mol. The largest absolute Gasteiger partial charge is 0.481 e. The van der Waals surface area contributed by atoms with E-state index in [1.807, 2.05) is 0 Å². The van der Waals surface area contributed by atoms with Crippen LogP contribution in [0.15, 0.2) is 12.5 Å². The maximum absolute atomic E-state index is 12.9. The van der Waals surface area contributed by atoms with Gasteiger partial charge in [0.25, 0.3) is 0 Å². The molecule has 35 heavy (non-hydrogen) atoms. The number of carbonyl (C=O) groups is 6. The van der Waals surface area contributed by atoms with Crippen molar-refractivity contribution in [1.29, 1.82) is 0 Å². The van der Waals surface area contributed by atoms with Crippen LogP contribution in [0.3, 0.4) is 0 Å². The van der Waals surface area contributed by atoms with Crippen LogP contribution in [0.1, 0.15) is 25.0 Å². The predicted molar refractivity (Wildman–Crippen MR) is 123 cm³/mol. The van der Waals surface area contributed by atoms with Gasteiger partial charge in [-0.05, 0) is 18.4 Å². The fraction of sp³-hybridized carbons (Fsp3) is 0.526. The molecule has 4 amide bonds. The highest BCUT2D eigenvalue weighted by molar-refractivity contribution is 7.98. The van der Waals surface area contributed by atoms with E-state index in [-0.39, 0.29) is 12.8 Å². The Hall–Kier alpha value is -3.66. The van der Waals surface area contributed by atoms with Gasteiger partial charge in [0, 0.05) is 18.3 Å². The fourth-order valence-corrected chi connectivity index (χ4v) is 3.31. The van der Waals surface area contributed by atoms with Gasteiger partial charge < -0.3 is 42.6 Å². The lowest BCUT2D eigenvalue weighted by Crippen LogP contribution is -2.58. The zero-order chi connectivity index (χ0) is 26.5. The molecule has 0 spiro atoms. The number of amides is 4. The van der Waals surface area contributed by atoms with E-state index in [4.69, 9.17) is 16.6 Å². The van der Waals surface area contributed by atoms with Gasteiger partial charge >= 0.3 is 11.9 Å². The summed E-state index contributed by atoms with van der Waals surface area (Å²) in [5, 5.41) is 25.4. The minimum Gasteiger partial charge on any atom is -0.481 e. The van der Waals surface area contributed by atoms with Crippen molar-refractivity contribution in [2.45, 2.75) is 49.9 Å².